The second kappa shape index (κ2) is 10.5. The number of aliphatic imine (C=N–C) groups is 1. The molecule has 2 rings (SSSR count). The molecule has 0 radical (unpaired) electrons. The number of hydrogen-bond acceptors (Lipinski definition) is 4. The van der Waals surface area contributed by atoms with E-state index in [-0.39, 0.29) is 5.91 Å². The van der Waals surface area contributed by atoms with Gasteiger partial charge in [-0.2, -0.15) is 10.4 Å². The molecule has 1 aromatic rings. The zero-order chi connectivity index (χ0) is 18.6. The molecule has 0 aromatic heterocycles. The van der Waals surface area contributed by atoms with Crippen LogP contribution in [0.4, 0.5) is 0 Å². The van der Waals surface area contributed by atoms with Gasteiger partial charge in [-0.15, -0.1) is 6.42 Å². The summed E-state index contributed by atoms with van der Waals surface area (Å²) < 4.78 is 0. The number of amides is 1. The van der Waals surface area contributed by atoms with Crippen LogP contribution in [0.15, 0.2) is 40.4 Å². The van der Waals surface area contributed by atoms with Gasteiger partial charge in [0.2, 0.25) is 11.9 Å². The molecule has 0 bridgehead atoms. The van der Waals surface area contributed by atoms with Gasteiger partial charge in [0.1, 0.15) is 0 Å². The van der Waals surface area contributed by atoms with Crippen molar-refractivity contribution in [2.45, 2.75) is 25.7 Å². The Morgan fingerprint density at radius 2 is 2.12 bits per heavy atom. The van der Waals surface area contributed by atoms with Gasteiger partial charge < -0.3 is 5.32 Å². The summed E-state index contributed by atoms with van der Waals surface area (Å²) in [5, 5.41) is 20.0. The average Bonchev–Trinajstić information content (AvgIpc) is 2.67. The summed E-state index contributed by atoms with van der Waals surface area (Å²) in [6.07, 6.45) is 9.69. The molecule has 7 heteroatoms. The van der Waals surface area contributed by atoms with Crippen LogP contribution < -0.4 is 10.6 Å². The maximum absolute atomic E-state index is 12.1. The van der Waals surface area contributed by atoms with Crippen molar-refractivity contribution in [2.24, 2.45) is 10.1 Å². The minimum absolute atomic E-state index is 0.0516. The van der Waals surface area contributed by atoms with E-state index in [0.717, 1.165) is 24.1 Å². The van der Waals surface area contributed by atoms with Crippen LogP contribution in [0.2, 0.25) is 0 Å². The first-order valence-corrected chi connectivity index (χ1v) is 8.54. The highest BCUT2D eigenvalue weighted by Gasteiger charge is 2.20. The molecule has 0 aliphatic carbocycles. The molecule has 7 nitrogen and oxygen atoms in total. The van der Waals surface area contributed by atoms with Gasteiger partial charge >= 0.3 is 0 Å². The predicted octanol–water partition coefficient (Wildman–Crippen LogP) is 1.44. The number of unbranched alkanes of at least 4 members (excludes halogenated alkanes) is 1. The van der Waals surface area contributed by atoms with E-state index in [1.165, 1.54) is 0 Å². The lowest BCUT2D eigenvalue weighted by Crippen LogP contribution is -2.35. The first-order valence-electron chi connectivity index (χ1n) is 8.54. The molecule has 1 heterocycles. The van der Waals surface area contributed by atoms with Crippen molar-refractivity contribution in [3.8, 4) is 18.5 Å². The maximum atomic E-state index is 12.1. The van der Waals surface area contributed by atoms with E-state index in [0.29, 0.717) is 38.4 Å². The SMILES string of the molecule is C#CCNC(=NCCCCN1N=C(c2ccccc2)CCC1=O)NC#N. The molecular weight excluding hydrogens is 328 g/mol. The number of hydrazone groups is 1. The van der Waals surface area contributed by atoms with Gasteiger partial charge in [-0.05, 0) is 18.4 Å². The van der Waals surface area contributed by atoms with Gasteiger partial charge in [0, 0.05) is 25.9 Å². The van der Waals surface area contributed by atoms with Crippen LogP contribution in [0.1, 0.15) is 31.2 Å². The second-order valence-corrected chi connectivity index (χ2v) is 5.66. The molecule has 134 valence electrons. The summed E-state index contributed by atoms with van der Waals surface area (Å²) >= 11 is 0. The summed E-state index contributed by atoms with van der Waals surface area (Å²) in [5.41, 5.74) is 2.00. The minimum atomic E-state index is 0.0516. The lowest BCUT2D eigenvalue weighted by Gasteiger charge is -2.23. The summed E-state index contributed by atoms with van der Waals surface area (Å²) in [7, 11) is 0. The van der Waals surface area contributed by atoms with Crippen LogP contribution in [0.25, 0.3) is 0 Å². The highest BCUT2D eigenvalue weighted by atomic mass is 16.2. The van der Waals surface area contributed by atoms with Crippen molar-refractivity contribution in [1.29, 1.82) is 5.26 Å². The van der Waals surface area contributed by atoms with Crippen molar-refractivity contribution in [1.82, 2.24) is 15.6 Å². The maximum Gasteiger partial charge on any atom is 0.243 e. The van der Waals surface area contributed by atoms with Crippen molar-refractivity contribution >= 4 is 17.6 Å². The van der Waals surface area contributed by atoms with E-state index in [1.54, 1.807) is 5.01 Å². The lowest BCUT2D eigenvalue weighted by molar-refractivity contribution is -0.131. The molecule has 1 aromatic carbocycles. The quantitative estimate of drug-likeness (QED) is 0.194. The van der Waals surface area contributed by atoms with Gasteiger partial charge in [-0.1, -0.05) is 36.3 Å². The largest absolute Gasteiger partial charge is 0.345 e. The number of nitriles is 1. The summed E-state index contributed by atoms with van der Waals surface area (Å²) in [6.45, 7) is 1.38. The number of benzene rings is 1. The Morgan fingerprint density at radius 1 is 1.31 bits per heavy atom. The minimum Gasteiger partial charge on any atom is -0.345 e. The van der Waals surface area contributed by atoms with Crippen molar-refractivity contribution in [3.63, 3.8) is 0 Å². The molecule has 0 atom stereocenters. The van der Waals surface area contributed by atoms with Gasteiger partial charge in [0.05, 0.1) is 12.3 Å². The standard InChI is InChI=1S/C19H22N6O/c1-2-12-21-19(23-15-20)22-13-6-7-14-25-18(26)11-10-17(24-25)16-8-4-3-5-9-16/h1,3-5,8-9H,6-7,10-14H2,(H2,21,22,23). The van der Waals surface area contributed by atoms with E-state index >= 15 is 0 Å². The highest BCUT2D eigenvalue weighted by Crippen LogP contribution is 2.15. The zero-order valence-corrected chi connectivity index (χ0v) is 14.6. The van der Waals surface area contributed by atoms with Gasteiger partial charge in [-0.3, -0.25) is 15.1 Å². The Labute approximate surface area is 153 Å². The van der Waals surface area contributed by atoms with E-state index in [1.807, 2.05) is 36.5 Å². The molecule has 0 saturated heterocycles. The molecule has 0 fully saturated rings. The third-order valence-corrected chi connectivity index (χ3v) is 3.79. The summed E-state index contributed by atoms with van der Waals surface area (Å²) in [4.78, 5) is 16.3. The van der Waals surface area contributed by atoms with Crippen LogP contribution in [0.3, 0.4) is 0 Å². The second-order valence-electron chi connectivity index (χ2n) is 5.66. The van der Waals surface area contributed by atoms with Crippen molar-refractivity contribution < 1.29 is 4.79 Å². The Hall–Kier alpha value is -3.32. The number of hydrogen-bond donors (Lipinski definition) is 2. The molecule has 1 amide bonds. The number of guanidine groups is 1. The molecule has 2 N–H and O–H groups in total. The predicted molar refractivity (Wildman–Crippen MR) is 101 cm³/mol. The lowest BCUT2D eigenvalue weighted by atomic mass is 10.0. The Bertz CT molecular complexity index is 742. The number of carbonyl (C=O) groups excluding carboxylic acids is 1. The Kier molecular flexibility index (Phi) is 7.70. The normalized spacial score (nSPS) is 14.2. The van der Waals surface area contributed by atoms with Crippen LogP contribution in [-0.4, -0.2) is 42.2 Å². The number of carbonyl (C=O) groups is 1. The van der Waals surface area contributed by atoms with E-state index in [2.05, 4.69) is 26.6 Å². The number of rotatable bonds is 7. The van der Waals surface area contributed by atoms with E-state index in [9.17, 15) is 4.79 Å². The molecule has 1 aliphatic rings. The smallest absolute Gasteiger partial charge is 0.243 e. The first-order chi connectivity index (χ1) is 12.7. The number of nitrogens with one attached hydrogen (secondary N) is 2. The number of terminal acetylenes is 1. The fraction of sp³-hybridized carbons (Fsp3) is 0.368. The van der Waals surface area contributed by atoms with Crippen LogP contribution in [0, 0.1) is 23.8 Å². The third kappa shape index (κ3) is 5.95. The molecule has 1 aliphatic heterocycles. The fourth-order valence-corrected chi connectivity index (χ4v) is 2.50. The monoisotopic (exact) mass is 350 g/mol. The van der Waals surface area contributed by atoms with E-state index < -0.39 is 0 Å². The first kappa shape index (κ1) is 19.0. The van der Waals surface area contributed by atoms with Crippen LogP contribution >= 0.6 is 0 Å². The topological polar surface area (TPSA) is 92.9 Å². The van der Waals surface area contributed by atoms with Crippen LogP contribution in [0.5, 0.6) is 0 Å². The van der Waals surface area contributed by atoms with E-state index in [4.69, 9.17) is 11.7 Å². The zero-order valence-electron chi connectivity index (χ0n) is 14.6. The number of nitrogens with zero attached hydrogens (tertiary/aromatic N) is 4. The third-order valence-electron chi connectivity index (χ3n) is 3.79. The molecule has 0 unspecified atom stereocenters. The Balaban J connectivity index is 1.83. The fourth-order valence-electron chi connectivity index (χ4n) is 2.50. The summed E-state index contributed by atoms with van der Waals surface area (Å²) in [5.74, 6) is 2.84. The van der Waals surface area contributed by atoms with Crippen LogP contribution in [-0.2, 0) is 4.79 Å². The Morgan fingerprint density at radius 3 is 2.85 bits per heavy atom. The van der Waals surface area contributed by atoms with Gasteiger partial charge in [0.15, 0.2) is 6.19 Å². The molecular formula is C19H22N6O. The molecule has 0 saturated carbocycles. The van der Waals surface area contributed by atoms with Crippen molar-refractivity contribution in [2.75, 3.05) is 19.6 Å². The summed E-state index contributed by atoms with van der Waals surface area (Å²) in [6, 6.07) is 9.92. The molecule has 0 spiro atoms. The highest BCUT2D eigenvalue weighted by molar-refractivity contribution is 6.04. The molecule has 26 heavy (non-hydrogen) atoms. The average molecular weight is 350 g/mol. The van der Waals surface area contributed by atoms with Gasteiger partial charge in [0.25, 0.3) is 0 Å². The van der Waals surface area contributed by atoms with Crippen molar-refractivity contribution in [3.05, 3.63) is 35.9 Å². The van der Waals surface area contributed by atoms with Gasteiger partial charge in [-0.25, -0.2) is 5.01 Å².